The van der Waals surface area contributed by atoms with Crippen molar-refractivity contribution < 1.29 is 4.79 Å². The zero-order valence-electron chi connectivity index (χ0n) is 5.51. The Bertz CT molecular complexity index is 80.5. The fourth-order valence-corrected chi connectivity index (χ4v) is 0.277. The molecule has 8 heavy (non-hydrogen) atoms. The zero-order chi connectivity index (χ0) is 6.57. The van der Waals surface area contributed by atoms with Gasteiger partial charge in [0, 0.05) is 20.6 Å². The molecule has 0 saturated carbocycles. The average molecular weight is 115 g/mol. The maximum atomic E-state index is 10.5. The highest BCUT2D eigenvalue weighted by Gasteiger charge is 1.99. The highest BCUT2D eigenvalue weighted by Crippen LogP contribution is 1.75. The van der Waals surface area contributed by atoms with Gasteiger partial charge in [0.1, 0.15) is 0 Å². The summed E-state index contributed by atoms with van der Waals surface area (Å²) >= 11 is 0. The van der Waals surface area contributed by atoms with E-state index in [1.165, 1.54) is 4.90 Å². The minimum absolute atomic E-state index is 0.160. The molecule has 1 radical (unpaired) electrons. The molecule has 0 aliphatic heterocycles. The third-order valence-electron chi connectivity index (χ3n) is 0.676. The Kier molecular flexibility index (Phi) is 2.99. The molecular formula is C5H11N2O. The Hall–Kier alpha value is -0.730. The second-order valence-electron chi connectivity index (χ2n) is 1.65. The van der Waals surface area contributed by atoms with Crippen molar-refractivity contribution in [2.45, 2.75) is 6.92 Å². The molecule has 3 nitrogen and oxygen atoms in total. The van der Waals surface area contributed by atoms with Crippen molar-refractivity contribution in [3.05, 3.63) is 0 Å². The van der Waals surface area contributed by atoms with Gasteiger partial charge in [-0.15, -0.1) is 0 Å². The van der Waals surface area contributed by atoms with Crippen LogP contribution in [0.4, 0.5) is 4.79 Å². The molecule has 0 atom stereocenters. The number of carbonyl (C=O) groups excluding carboxylic acids is 1. The SMILES string of the molecule is CC[N]C(=O)N(C)C. The van der Waals surface area contributed by atoms with E-state index in [1.807, 2.05) is 6.92 Å². The van der Waals surface area contributed by atoms with Gasteiger partial charge in [0.05, 0.1) is 0 Å². The quantitative estimate of drug-likeness (QED) is 0.483. The summed E-state index contributed by atoms with van der Waals surface area (Å²) in [5, 5.41) is 3.61. The number of hydrogen-bond acceptors (Lipinski definition) is 1. The highest BCUT2D eigenvalue weighted by molar-refractivity contribution is 5.72. The lowest BCUT2D eigenvalue weighted by Crippen LogP contribution is -2.28. The molecule has 0 heterocycles. The third-order valence-corrected chi connectivity index (χ3v) is 0.676. The van der Waals surface area contributed by atoms with E-state index in [0.717, 1.165) is 0 Å². The van der Waals surface area contributed by atoms with Gasteiger partial charge in [0.25, 0.3) is 0 Å². The van der Waals surface area contributed by atoms with Gasteiger partial charge in [-0.1, -0.05) is 0 Å². The first-order chi connectivity index (χ1) is 3.68. The minimum atomic E-state index is -0.160. The van der Waals surface area contributed by atoms with E-state index in [1.54, 1.807) is 14.1 Å². The summed E-state index contributed by atoms with van der Waals surface area (Å²) in [5.74, 6) is 0. The first kappa shape index (κ1) is 7.27. The lowest BCUT2D eigenvalue weighted by atomic mass is 10.7. The van der Waals surface area contributed by atoms with E-state index in [-0.39, 0.29) is 6.03 Å². The van der Waals surface area contributed by atoms with Crippen molar-refractivity contribution in [2.24, 2.45) is 0 Å². The maximum Gasteiger partial charge on any atom is 0.338 e. The molecule has 0 bridgehead atoms. The van der Waals surface area contributed by atoms with Crippen LogP contribution in [0.3, 0.4) is 0 Å². The normalized spacial score (nSPS) is 8.38. The molecule has 0 aliphatic rings. The summed E-state index contributed by atoms with van der Waals surface area (Å²) < 4.78 is 0. The topological polar surface area (TPSA) is 34.4 Å². The predicted octanol–water partition coefficient (Wildman–Crippen LogP) is 0.292. The van der Waals surface area contributed by atoms with Crippen LogP contribution in [-0.2, 0) is 0 Å². The van der Waals surface area contributed by atoms with Gasteiger partial charge in [-0.3, -0.25) is 0 Å². The minimum Gasteiger partial charge on any atom is -0.329 e. The molecule has 2 amide bonds. The van der Waals surface area contributed by atoms with Crippen molar-refractivity contribution >= 4 is 6.03 Å². The Labute approximate surface area is 49.7 Å². The van der Waals surface area contributed by atoms with E-state index >= 15 is 0 Å². The van der Waals surface area contributed by atoms with Gasteiger partial charge in [0.2, 0.25) is 0 Å². The Balaban J connectivity index is 3.33. The number of nitrogens with zero attached hydrogens (tertiary/aromatic N) is 2. The smallest absolute Gasteiger partial charge is 0.329 e. The summed E-state index contributed by atoms with van der Waals surface area (Å²) in [5.41, 5.74) is 0. The second kappa shape index (κ2) is 3.29. The molecule has 0 unspecified atom stereocenters. The van der Waals surface area contributed by atoms with Gasteiger partial charge in [-0.2, -0.15) is 0 Å². The summed E-state index contributed by atoms with van der Waals surface area (Å²) in [7, 11) is 3.36. The zero-order valence-corrected chi connectivity index (χ0v) is 5.51. The van der Waals surface area contributed by atoms with E-state index in [4.69, 9.17) is 0 Å². The van der Waals surface area contributed by atoms with Crippen LogP contribution in [0, 0.1) is 0 Å². The summed E-state index contributed by atoms with van der Waals surface area (Å²) in [6, 6.07) is -0.160. The first-order valence-electron chi connectivity index (χ1n) is 2.57. The lowest BCUT2D eigenvalue weighted by Gasteiger charge is -2.06. The van der Waals surface area contributed by atoms with Crippen molar-refractivity contribution in [2.75, 3.05) is 20.6 Å². The monoisotopic (exact) mass is 115 g/mol. The number of urea groups is 1. The highest BCUT2D eigenvalue weighted by atomic mass is 16.2. The van der Waals surface area contributed by atoms with Crippen molar-refractivity contribution in [1.82, 2.24) is 10.2 Å². The maximum absolute atomic E-state index is 10.5. The van der Waals surface area contributed by atoms with E-state index in [0.29, 0.717) is 6.54 Å². The van der Waals surface area contributed by atoms with Crippen LogP contribution >= 0.6 is 0 Å². The molecule has 0 aromatic rings. The molecule has 0 aromatic heterocycles. The van der Waals surface area contributed by atoms with Crippen molar-refractivity contribution in [3.8, 4) is 0 Å². The Morgan fingerprint density at radius 1 is 1.62 bits per heavy atom. The van der Waals surface area contributed by atoms with Gasteiger partial charge in [-0.05, 0) is 6.92 Å². The van der Waals surface area contributed by atoms with Crippen LogP contribution in [0.15, 0.2) is 0 Å². The standard InChI is InChI=1S/C5H11N2O/c1-4-6-5(8)7(2)3/h4H2,1-3H3. The molecule has 0 N–H and O–H groups in total. The van der Waals surface area contributed by atoms with Crippen LogP contribution in [0.25, 0.3) is 0 Å². The average Bonchev–Trinajstić information content (AvgIpc) is 1.67. The van der Waals surface area contributed by atoms with Crippen molar-refractivity contribution in [1.29, 1.82) is 0 Å². The fourth-order valence-electron chi connectivity index (χ4n) is 0.277. The van der Waals surface area contributed by atoms with Gasteiger partial charge >= 0.3 is 6.03 Å². The molecule has 0 fully saturated rings. The molecule has 0 aliphatic carbocycles. The second-order valence-corrected chi connectivity index (χ2v) is 1.65. The van der Waals surface area contributed by atoms with E-state index in [9.17, 15) is 4.79 Å². The summed E-state index contributed by atoms with van der Waals surface area (Å²) in [6.45, 7) is 2.40. The fraction of sp³-hybridized carbons (Fsp3) is 0.800. The number of hydrogen-bond donors (Lipinski definition) is 0. The van der Waals surface area contributed by atoms with Crippen LogP contribution in [0.2, 0.25) is 0 Å². The van der Waals surface area contributed by atoms with Crippen LogP contribution in [0.5, 0.6) is 0 Å². The molecule has 0 saturated heterocycles. The van der Waals surface area contributed by atoms with Gasteiger partial charge < -0.3 is 4.90 Å². The lowest BCUT2D eigenvalue weighted by molar-refractivity contribution is 0.217. The van der Waals surface area contributed by atoms with Crippen molar-refractivity contribution in [3.63, 3.8) is 0 Å². The van der Waals surface area contributed by atoms with Crippen LogP contribution < -0.4 is 5.32 Å². The number of rotatable bonds is 1. The summed E-state index contributed by atoms with van der Waals surface area (Å²) in [6.07, 6.45) is 0. The molecule has 3 heteroatoms. The van der Waals surface area contributed by atoms with Crippen LogP contribution in [0.1, 0.15) is 6.92 Å². The Morgan fingerprint density at radius 3 is 2.25 bits per heavy atom. The van der Waals surface area contributed by atoms with Gasteiger partial charge in [0.15, 0.2) is 0 Å². The molecule has 0 spiro atoms. The molecule has 0 rings (SSSR count). The van der Waals surface area contributed by atoms with Gasteiger partial charge in [-0.25, -0.2) is 10.1 Å². The molecule has 0 aromatic carbocycles. The van der Waals surface area contributed by atoms with Crippen LogP contribution in [-0.4, -0.2) is 31.6 Å². The largest absolute Gasteiger partial charge is 0.338 e. The van der Waals surface area contributed by atoms with E-state index < -0.39 is 0 Å². The predicted molar refractivity (Wildman–Crippen MR) is 31.8 cm³/mol. The molecular weight excluding hydrogens is 104 g/mol. The number of carbonyl (C=O) groups is 1. The Morgan fingerprint density at radius 2 is 2.12 bits per heavy atom. The number of amides is 2. The summed E-state index contributed by atoms with van der Waals surface area (Å²) in [4.78, 5) is 12.0. The van der Waals surface area contributed by atoms with E-state index in [2.05, 4.69) is 5.32 Å². The third kappa shape index (κ3) is 2.44. The first-order valence-corrected chi connectivity index (χ1v) is 2.57. The molecule has 47 valence electrons.